The minimum Gasteiger partial charge on any atom is -0.364 e. The summed E-state index contributed by atoms with van der Waals surface area (Å²) in [5.74, 6) is 5.88. The van der Waals surface area contributed by atoms with Crippen molar-refractivity contribution in [2.24, 2.45) is 0 Å². The Hall–Kier alpha value is -8.54. The number of methoxy groups -OCH3 is 16. The molecule has 0 unspecified atom stereocenters. The number of hydrogen-bond acceptors (Lipinski definition) is 36. The highest BCUT2D eigenvalue weighted by molar-refractivity contribution is 5.63. The number of hydrogen-bond donors (Lipinski definition) is 0. The summed E-state index contributed by atoms with van der Waals surface area (Å²) >= 11 is 0. The molecule has 0 N–H and O–H groups in total. The lowest BCUT2D eigenvalue weighted by molar-refractivity contribution is 0.134. The highest BCUT2D eigenvalue weighted by atomic mass is 16.5. The summed E-state index contributed by atoms with van der Waals surface area (Å²) < 4.78 is 83.6. The van der Waals surface area contributed by atoms with Gasteiger partial charge in [0.2, 0.25) is 47.6 Å². The van der Waals surface area contributed by atoms with Gasteiger partial charge >= 0.3 is 0 Å². The van der Waals surface area contributed by atoms with Crippen LogP contribution in [-0.2, 0) is 81.2 Å². The van der Waals surface area contributed by atoms with E-state index in [4.69, 9.17) is 75.8 Å². The van der Waals surface area contributed by atoms with Gasteiger partial charge in [-0.3, -0.25) is 39.2 Å². The van der Waals surface area contributed by atoms with Gasteiger partial charge in [0.25, 0.3) is 0 Å². The molecule has 4 heterocycles. The van der Waals surface area contributed by atoms with Gasteiger partial charge in [0.1, 0.15) is 114 Å². The molecule has 102 heavy (non-hydrogen) atoms. The highest BCUT2D eigenvalue weighted by Gasteiger charge is 2.26. The Kier molecular flexibility index (Phi) is 41.4. The molecule has 4 aromatic heterocycles. The lowest BCUT2D eigenvalue weighted by atomic mass is 9.96. The fourth-order valence-corrected chi connectivity index (χ4v) is 8.75. The van der Waals surface area contributed by atoms with Crippen LogP contribution in [0, 0.1) is 0 Å². The Balaban J connectivity index is 0.000000288. The summed E-state index contributed by atoms with van der Waals surface area (Å²) in [4.78, 5) is 68.8. The summed E-state index contributed by atoms with van der Waals surface area (Å²) in [5.41, 5.74) is 2.49. The third-order valence-corrected chi connectivity index (χ3v) is 13.0. The van der Waals surface area contributed by atoms with E-state index in [1.54, 1.807) is 153 Å². The molecule has 0 radical (unpaired) electrons. The predicted octanol–water partition coefficient (Wildman–Crippen LogP) is 5.90. The number of anilines is 8. The number of benzene rings is 3. The van der Waals surface area contributed by atoms with Gasteiger partial charge in [-0.15, -0.1) is 0 Å². The van der Waals surface area contributed by atoms with Crippen LogP contribution in [-0.4, -0.2) is 281 Å². The van der Waals surface area contributed by atoms with Gasteiger partial charge in [-0.1, -0.05) is 112 Å². The van der Waals surface area contributed by atoms with Crippen molar-refractivity contribution < 1.29 is 75.8 Å². The Morgan fingerprint density at radius 2 is 0.353 bits per heavy atom. The number of ether oxygens (including phenoxy) is 16. The average molecular weight is 1430 g/mol. The van der Waals surface area contributed by atoms with Crippen LogP contribution >= 0.6 is 0 Å². The molecule has 7 rings (SSSR count). The van der Waals surface area contributed by atoms with E-state index in [9.17, 15) is 0 Å². The van der Waals surface area contributed by atoms with E-state index in [2.05, 4.69) is 59.8 Å². The van der Waals surface area contributed by atoms with Gasteiger partial charge in [0, 0.05) is 136 Å². The summed E-state index contributed by atoms with van der Waals surface area (Å²) in [6, 6.07) is 29.4. The van der Waals surface area contributed by atoms with Crippen LogP contribution in [0.5, 0.6) is 0 Å². The Bertz CT molecular complexity index is 3080. The van der Waals surface area contributed by atoms with Crippen LogP contribution in [0.25, 0.3) is 34.2 Å². The van der Waals surface area contributed by atoms with E-state index < -0.39 is 0 Å². The maximum absolute atomic E-state index is 5.25. The average Bonchev–Trinajstić information content (AvgIpc) is 0.841. The first-order valence-corrected chi connectivity index (χ1v) is 31.6. The third-order valence-electron chi connectivity index (χ3n) is 13.0. The maximum atomic E-state index is 5.25. The van der Waals surface area contributed by atoms with Crippen molar-refractivity contribution in [3.8, 4) is 34.2 Å². The zero-order valence-corrected chi connectivity index (χ0v) is 62.5. The molecule has 3 aromatic carbocycles. The molecular weight excluding hydrogens is 1330 g/mol. The van der Waals surface area contributed by atoms with Gasteiger partial charge in [0.15, 0.2) is 17.5 Å². The molecule has 0 fully saturated rings. The monoisotopic (exact) mass is 1430 g/mol. The van der Waals surface area contributed by atoms with Crippen LogP contribution < -0.4 is 39.2 Å². The zero-order chi connectivity index (χ0) is 74.5. The number of rotatable bonds is 43. The van der Waals surface area contributed by atoms with Crippen LogP contribution in [0.1, 0.15) is 26.6 Å². The van der Waals surface area contributed by atoms with E-state index >= 15 is 0 Å². The normalized spacial score (nSPS) is 11.0. The summed E-state index contributed by atoms with van der Waals surface area (Å²) in [6.45, 7) is 10.5. The third kappa shape index (κ3) is 28.7. The smallest absolute Gasteiger partial charge is 0.235 e. The molecule has 0 spiro atoms. The van der Waals surface area contributed by atoms with Crippen LogP contribution in [0.2, 0.25) is 0 Å². The Morgan fingerprint density at radius 3 is 0.520 bits per heavy atom. The number of nitrogens with zero attached hydrogens (tertiary/aromatic N) is 20. The lowest BCUT2D eigenvalue weighted by Crippen LogP contribution is -2.36. The molecule has 7 aromatic rings. The predicted molar refractivity (Wildman–Crippen MR) is 384 cm³/mol. The summed E-state index contributed by atoms with van der Waals surface area (Å²) in [7, 11) is 25.6. The summed E-state index contributed by atoms with van der Waals surface area (Å²) in [5, 5.41) is 0. The first-order chi connectivity index (χ1) is 49.5. The molecular formula is C66H104N20O16. The molecule has 0 aliphatic heterocycles. The van der Waals surface area contributed by atoms with Gasteiger partial charge in [-0.05, 0) is 0 Å². The van der Waals surface area contributed by atoms with Crippen molar-refractivity contribution in [1.82, 2.24) is 59.8 Å². The second kappa shape index (κ2) is 49.1. The number of aromatic nitrogens is 12. The highest BCUT2D eigenvalue weighted by Crippen LogP contribution is 2.27. The first kappa shape index (κ1) is 85.9. The molecule has 0 atom stereocenters. The van der Waals surface area contributed by atoms with Crippen molar-refractivity contribution in [2.45, 2.75) is 26.2 Å². The van der Waals surface area contributed by atoms with Gasteiger partial charge in [0.05, 0.1) is 0 Å². The SMILES string of the molecule is COCN(COC)c1nc(-c2ccccc2)nc(-c2ccccc2)n1.COCN(COC)c1nc(-c2ccccc2)nc(N(COC)COC)n1.COCN(COC)c1nc(N(COC)COC)nc(C(C)(C)C)n1.COCN(COC)c1nc(N(COC)COC)nc(N(COC)COC)n1. The van der Waals surface area contributed by atoms with Crippen LogP contribution in [0.15, 0.2) is 91.0 Å². The van der Waals surface area contributed by atoms with Gasteiger partial charge in [-0.2, -0.15) is 54.8 Å². The van der Waals surface area contributed by atoms with E-state index in [0.29, 0.717) is 111 Å². The molecule has 0 saturated carbocycles. The van der Waals surface area contributed by atoms with Gasteiger partial charge < -0.3 is 75.8 Å². The second-order valence-electron chi connectivity index (χ2n) is 22.4. The fraction of sp³-hybridized carbons (Fsp3) is 0.545. The summed E-state index contributed by atoms with van der Waals surface area (Å²) in [6.07, 6.45) is 0. The van der Waals surface area contributed by atoms with Crippen molar-refractivity contribution >= 4 is 47.6 Å². The van der Waals surface area contributed by atoms with E-state index in [1.807, 2.05) is 112 Å². The minimum atomic E-state index is -0.246. The van der Waals surface area contributed by atoms with Crippen molar-refractivity contribution in [3.05, 3.63) is 96.8 Å². The van der Waals surface area contributed by atoms with Crippen molar-refractivity contribution in [2.75, 3.05) is 261 Å². The molecule has 0 amide bonds. The molecule has 564 valence electrons. The minimum absolute atomic E-state index is 0.236. The standard InChI is InChI=1S/C19H20N4O2.C17H25N5O4.C15H30N6O6.C15H29N5O4/c1-24-13-23(14-25-2)19-21-17(15-9-5-3-6-10-15)20-18(22-19)16-11-7-4-8-12-16;1-23-10-21(11-24-2)16-18-15(14-8-6-5-7-9-14)19-17(20-16)22(12-25-3)13-26-4;1-22-7-19(8-23-2)13-16-14(20(9-24-3)10-25-4)18-15(17-13)21(11-26-5)12-27-6;1-15(2,3)12-16-13(19(8-21-4)9-22-5)18-14(17-12)20(10-23-6)11-24-7/h3-12H,13-14H2,1-2H3;5-9H,10-13H2,1-4H3;7-12H2,1-6H3;8-11H2,1-7H3. The largest absolute Gasteiger partial charge is 0.364 e. The first-order valence-electron chi connectivity index (χ1n) is 31.6. The quantitative estimate of drug-likeness (QED) is 0.0402. The molecule has 0 saturated heterocycles. The van der Waals surface area contributed by atoms with Crippen LogP contribution in [0.3, 0.4) is 0 Å². The van der Waals surface area contributed by atoms with Crippen molar-refractivity contribution in [1.29, 1.82) is 0 Å². The lowest BCUT2D eigenvalue weighted by Gasteiger charge is -2.27. The zero-order valence-electron chi connectivity index (χ0n) is 62.5. The molecule has 36 heteroatoms. The van der Waals surface area contributed by atoms with Crippen molar-refractivity contribution in [3.63, 3.8) is 0 Å². The maximum Gasteiger partial charge on any atom is 0.235 e. The molecule has 0 aliphatic carbocycles. The van der Waals surface area contributed by atoms with Crippen LogP contribution in [0.4, 0.5) is 47.6 Å². The van der Waals surface area contributed by atoms with Gasteiger partial charge in [-0.25, -0.2) is 4.98 Å². The second-order valence-corrected chi connectivity index (χ2v) is 22.4. The van der Waals surface area contributed by atoms with E-state index in [0.717, 1.165) is 16.7 Å². The van der Waals surface area contributed by atoms with E-state index in [1.165, 1.54) is 0 Å². The fourth-order valence-electron chi connectivity index (χ4n) is 8.75. The Labute approximate surface area is 598 Å². The topological polar surface area (TPSA) is 328 Å². The van der Waals surface area contributed by atoms with E-state index in [-0.39, 0.29) is 72.7 Å². The Morgan fingerprint density at radius 1 is 0.206 bits per heavy atom. The molecule has 36 nitrogen and oxygen atoms in total. The molecule has 0 aliphatic rings. The molecule has 0 bridgehead atoms.